The summed E-state index contributed by atoms with van der Waals surface area (Å²) >= 11 is 1.42. The Morgan fingerprint density at radius 3 is 2.27 bits per heavy atom. The second kappa shape index (κ2) is 12.5. The Kier molecular flexibility index (Phi) is 8.75. The molecule has 6 heterocycles. The van der Waals surface area contributed by atoms with Crippen LogP contribution < -0.4 is 15.1 Å². The first kappa shape index (κ1) is 33.5. The number of pyridine rings is 2. The predicted molar refractivity (Wildman–Crippen MR) is 187 cm³/mol. The molecular weight excluding hydrogens is 631 g/mol. The molecule has 0 saturated carbocycles. The number of hydrogen-bond acceptors (Lipinski definition) is 13. The smallest absolute Gasteiger partial charge is 0.425 e. The van der Waals surface area contributed by atoms with Crippen molar-refractivity contribution in [3.05, 3.63) is 41.7 Å². The summed E-state index contributed by atoms with van der Waals surface area (Å²) in [7, 11) is 0. The van der Waals surface area contributed by atoms with E-state index >= 15 is 0 Å². The molecule has 254 valence electrons. The standard InChI is InChI=1S/C34H43N9O4S/c1-10-41-17-22-14-21(41)18-42(22)30-36-20(3)13-26(39-30)38-25-15-23-24(16-35-25)48-29(37-23)28-19(2)11-12-27(40-28)43(31(44)46-33(4,5)6)32(45)47-34(7,8)9/h11-13,15-16,21-22H,10,14,17-18H2,1-9H3,(H,35,36,38,39)/t21-,22-/m0/s1. The van der Waals surface area contributed by atoms with Crippen molar-refractivity contribution in [3.8, 4) is 10.7 Å². The fourth-order valence-electron chi connectivity index (χ4n) is 6.00. The Morgan fingerprint density at radius 2 is 1.65 bits per heavy atom. The number of carbonyl (C=O) groups is 2. The molecule has 2 aliphatic heterocycles. The van der Waals surface area contributed by atoms with Gasteiger partial charge in [0.25, 0.3) is 0 Å². The number of carbonyl (C=O) groups excluding carboxylic acids is 2. The van der Waals surface area contributed by atoms with E-state index in [1.807, 2.05) is 26.0 Å². The summed E-state index contributed by atoms with van der Waals surface area (Å²) in [5.74, 6) is 2.08. The number of nitrogens with one attached hydrogen (secondary N) is 1. The van der Waals surface area contributed by atoms with E-state index in [0.717, 1.165) is 58.4 Å². The van der Waals surface area contributed by atoms with Gasteiger partial charge in [0.2, 0.25) is 5.95 Å². The summed E-state index contributed by atoms with van der Waals surface area (Å²) in [6.45, 7) is 19.5. The average molecular weight is 674 g/mol. The third-order valence-corrected chi connectivity index (χ3v) is 9.07. The Hall–Kier alpha value is -4.43. The Bertz CT molecular complexity index is 1840. The van der Waals surface area contributed by atoms with Gasteiger partial charge >= 0.3 is 12.2 Å². The molecule has 0 unspecified atom stereocenters. The van der Waals surface area contributed by atoms with Crippen LogP contribution in [-0.4, -0.2) is 84.9 Å². The molecule has 2 amide bonds. The van der Waals surface area contributed by atoms with E-state index in [4.69, 9.17) is 29.4 Å². The van der Waals surface area contributed by atoms with E-state index in [1.54, 1.807) is 59.9 Å². The number of nitrogens with zero attached hydrogens (tertiary/aromatic N) is 8. The van der Waals surface area contributed by atoms with Gasteiger partial charge in [-0.25, -0.2) is 29.5 Å². The van der Waals surface area contributed by atoms with E-state index in [2.05, 4.69) is 27.0 Å². The highest BCUT2D eigenvalue weighted by Gasteiger charge is 2.43. The third-order valence-electron chi connectivity index (χ3n) is 8.06. The highest BCUT2D eigenvalue weighted by Crippen LogP contribution is 2.35. The topological polar surface area (TPSA) is 139 Å². The van der Waals surface area contributed by atoms with Crippen molar-refractivity contribution in [1.29, 1.82) is 0 Å². The van der Waals surface area contributed by atoms with Crippen molar-refractivity contribution < 1.29 is 19.1 Å². The molecule has 2 fully saturated rings. The van der Waals surface area contributed by atoms with E-state index in [-0.39, 0.29) is 5.82 Å². The number of hydrogen-bond donors (Lipinski definition) is 1. The van der Waals surface area contributed by atoms with Crippen LogP contribution in [0.3, 0.4) is 0 Å². The summed E-state index contributed by atoms with van der Waals surface area (Å²) < 4.78 is 11.9. The molecule has 0 radical (unpaired) electrons. The summed E-state index contributed by atoms with van der Waals surface area (Å²) in [4.78, 5) is 56.0. The van der Waals surface area contributed by atoms with Gasteiger partial charge in [0.1, 0.15) is 39.4 Å². The second-order valence-corrected chi connectivity index (χ2v) is 15.3. The molecule has 2 saturated heterocycles. The lowest BCUT2D eigenvalue weighted by molar-refractivity contribution is 0.0429. The van der Waals surface area contributed by atoms with Crippen LogP contribution in [0.1, 0.15) is 66.1 Å². The summed E-state index contributed by atoms with van der Waals surface area (Å²) in [5, 5.41) is 3.96. The predicted octanol–water partition coefficient (Wildman–Crippen LogP) is 6.86. The lowest BCUT2D eigenvalue weighted by Crippen LogP contribution is -2.46. The van der Waals surface area contributed by atoms with Gasteiger partial charge < -0.3 is 19.7 Å². The van der Waals surface area contributed by atoms with Crippen molar-refractivity contribution in [2.24, 2.45) is 0 Å². The minimum Gasteiger partial charge on any atom is -0.443 e. The lowest BCUT2D eigenvalue weighted by atomic mass is 10.2. The number of imide groups is 1. The zero-order valence-electron chi connectivity index (χ0n) is 29.0. The molecule has 1 N–H and O–H groups in total. The first-order valence-electron chi connectivity index (χ1n) is 16.2. The highest BCUT2D eigenvalue weighted by molar-refractivity contribution is 7.21. The van der Waals surface area contributed by atoms with Gasteiger partial charge in [-0.2, -0.15) is 9.88 Å². The van der Waals surface area contributed by atoms with Gasteiger partial charge in [-0.15, -0.1) is 11.3 Å². The van der Waals surface area contributed by atoms with Gasteiger partial charge in [-0.05, 0) is 80.0 Å². The number of fused-ring (bicyclic) bond motifs is 3. The number of likely N-dealkylation sites (tertiary alicyclic amines) is 1. The fourth-order valence-corrected chi connectivity index (χ4v) is 6.97. The second-order valence-electron chi connectivity index (χ2n) is 14.3. The van der Waals surface area contributed by atoms with Crippen molar-refractivity contribution in [1.82, 2.24) is 29.8 Å². The number of piperazine rings is 1. The normalized spacial score (nSPS) is 18.0. The maximum Gasteiger partial charge on any atom is 0.425 e. The fraction of sp³-hybridized carbons (Fsp3) is 0.500. The molecule has 2 atom stereocenters. The number of amides is 2. The molecule has 13 nitrogen and oxygen atoms in total. The van der Waals surface area contributed by atoms with Crippen molar-refractivity contribution in [2.45, 2.75) is 92.0 Å². The van der Waals surface area contributed by atoms with Crippen LogP contribution in [0.25, 0.3) is 20.9 Å². The molecule has 48 heavy (non-hydrogen) atoms. The molecule has 6 rings (SSSR count). The number of thiazole rings is 1. The highest BCUT2D eigenvalue weighted by atomic mass is 32.1. The van der Waals surface area contributed by atoms with Crippen LogP contribution in [0.4, 0.5) is 33.0 Å². The summed E-state index contributed by atoms with van der Waals surface area (Å²) in [6.07, 6.45) is 1.15. The van der Waals surface area contributed by atoms with E-state index < -0.39 is 23.4 Å². The molecule has 0 spiro atoms. The number of rotatable bonds is 6. The average Bonchev–Trinajstić information content (AvgIpc) is 3.70. The van der Waals surface area contributed by atoms with Crippen molar-refractivity contribution in [3.63, 3.8) is 0 Å². The third kappa shape index (κ3) is 7.19. The summed E-state index contributed by atoms with van der Waals surface area (Å²) in [5.41, 5.74) is 1.26. The molecule has 0 aromatic carbocycles. The van der Waals surface area contributed by atoms with Crippen LogP contribution in [0.15, 0.2) is 30.5 Å². The minimum absolute atomic E-state index is 0.0717. The quantitative estimate of drug-likeness (QED) is 0.229. The largest absolute Gasteiger partial charge is 0.443 e. The Balaban J connectivity index is 1.26. The monoisotopic (exact) mass is 673 g/mol. The lowest BCUT2D eigenvalue weighted by Gasteiger charge is -2.33. The maximum absolute atomic E-state index is 13.2. The van der Waals surface area contributed by atoms with Crippen LogP contribution in [-0.2, 0) is 9.47 Å². The minimum atomic E-state index is -0.883. The number of aryl methyl sites for hydroxylation is 2. The molecule has 4 aromatic heterocycles. The zero-order chi connectivity index (χ0) is 34.5. The first-order chi connectivity index (χ1) is 22.6. The molecule has 0 aliphatic carbocycles. The van der Waals surface area contributed by atoms with Gasteiger partial charge in [-0.3, -0.25) is 4.90 Å². The van der Waals surface area contributed by atoms with E-state index in [0.29, 0.717) is 34.4 Å². The number of anilines is 4. The van der Waals surface area contributed by atoms with Gasteiger partial charge in [0.15, 0.2) is 0 Å². The van der Waals surface area contributed by atoms with Crippen LogP contribution in [0.5, 0.6) is 0 Å². The molecular formula is C34H43N9O4S. The zero-order valence-corrected chi connectivity index (χ0v) is 29.8. The van der Waals surface area contributed by atoms with Crippen molar-refractivity contribution in [2.75, 3.05) is 34.8 Å². The first-order valence-corrected chi connectivity index (χ1v) is 17.0. The molecule has 4 aromatic rings. The van der Waals surface area contributed by atoms with Crippen LogP contribution in [0.2, 0.25) is 0 Å². The van der Waals surface area contributed by atoms with Crippen LogP contribution in [0, 0.1) is 13.8 Å². The van der Waals surface area contributed by atoms with E-state index in [1.165, 1.54) is 11.3 Å². The number of likely N-dealkylation sites (N-methyl/N-ethyl adjacent to an activating group) is 1. The van der Waals surface area contributed by atoms with Crippen molar-refractivity contribution >= 4 is 57.1 Å². The SMILES string of the molecule is CCN1C[C@@H]2C[C@H]1CN2c1nc(C)cc(Nc2cc3nc(-c4nc(N(C(=O)OC(C)(C)C)C(=O)OC(C)(C)C)ccc4C)sc3cn2)n1. The summed E-state index contributed by atoms with van der Waals surface area (Å²) in [6, 6.07) is 8.15. The molecule has 2 bridgehead atoms. The van der Waals surface area contributed by atoms with Gasteiger partial charge in [0.05, 0.1) is 10.2 Å². The van der Waals surface area contributed by atoms with E-state index in [9.17, 15) is 9.59 Å². The number of ether oxygens (including phenoxy) is 2. The van der Waals surface area contributed by atoms with Gasteiger partial charge in [0, 0.05) is 49.2 Å². The Labute approximate surface area is 284 Å². The van der Waals surface area contributed by atoms with Crippen LogP contribution >= 0.6 is 11.3 Å². The molecule has 2 aliphatic rings. The Morgan fingerprint density at radius 1 is 0.938 bits per heavy atom. The maximum atomic E-state index is 13.2. The molecule has 14 heteroatoms. The number of aromatic nitrogens is 5. The van der Waals surface area contributed by atoms with Gasteiger partial charge in [-0.1, -0.05) is 13.0 Å².